The first-order valence-electron chi connectivity index (χ1n) is 12.7. The van der Waals surface area contributed by atoms with E-state index in [9.17, 15) is 29.8 Å². The van der Waals surface area contributed by atoms with Crippen LogP contribution in [-0.4, -0.2) is 21.7 Å². The summed E-state index contributed by atoms with van der Waals surface area (Å²) in [5.74, 6) is -0.795. The average Bonchev–Trinajstić information content (AvgIpc) is 3.03. The molecule has 0 unspecified atom stereocenters. The number of nitrogens with zero attached hydrogens (tertiary/aromatic N) is 4. The maximum Gasteiger partial charge on any atom is 0.269 e. The topological polar surface area (TPSA) is 127 Å². The quantitative estimate of drug-likeness (QED) is 0.144. The number of carbonyl (C=O) groups excluding carboxylic acids is 2. The van der Waals surface area contributed by atoms with Gasteiger partial charge in [0.05, 0.1) is 9.85 Å². The lowest BCUT2D eigenvalue weighted by molar-refractivity contribution is -0.385. The molecule has 5 aromatic rings. The Kier molecular flexibility index (Phi) is 7.78. The molecule has 5 rings (SSSR count). The van der Waals surface area contributed by atoms with Gasteiger partial charge in [-0.3, -0.25) is 39.6 Å². The van der Waals surface area contributed by atoms with E-state index in [0.717, 1.165) is 0 Å². The molecule has 206 valence electrons. The Morgan fingerprint density at radius 3 is 1.00 bits per heavy atom. The molecule has 10 heteroatoms. The molecule has 0 saturated heterocycles. The third-order valence-corrected chi connectivity index (χ3v) is 6.45. The molecule has 0 spiro atoms. The molecule has 5 aromatic carbocycles. The number of nitro benzene ring substituents is 2. The second-order valence-electron chi connectivity index (χ2n) is 9.08. The molecule has 2 amide bonds. The third kappa shape index (κ3) is 5.73. The van der Waals surface area contributed by atoms with E-state index in [-0.39, 0.29) is 22.5 Å². The van der Waals surface area contributed by atoms with Gasteiger partial charge in [0.2, 0.25) is 0 Å². The van der Waals surface area contributed by atoms with Gasteiger partial charge in [-0.1, -0.05) is 36.4 Å². The number of hydrogen-bond acceptors (Lipinski definition) is 6. The molecule has 0 radical (unpaired) electrons. The summed E-state index contributed by atoms with van der Waals surface area (Å²) in [5, 5.41) is 22.2. The van der Waals surface area contributed by atoms with Gasteiger partial charge >= 0.3 is 0 Å². The highest BCUT2D eigenvalue weighted by atomic mass is 16.6. The fourth-order valence-electron chi connectivity index (χ4n) is 4.38. The van der Waals surface area contributed by atoms with Crippen molar-refractivity contribution in [2.24, 2.45) is 0 Å². The van der Waals surface area contributed by atoms with Gasteiger partial charge in [-0.15, -0.1) is 0 Å². The molecule has 42 heavy (non-hydrogen) atoms. The van der Waals surface area contributed by atoms with Crippen molar-refractivity contribution in [1.29, 1.82) is 0 Å². The lowest BCUT2D eigenvalue weighted by Gasteiger charge is -2.26. The predicted molar refractivity (Wildman–Crippen MR) is 158 cm³/mol. The number of anilines is 4. The highest BCUT2D eigenvalue weighted by Gasteiger charge is 2.24. The normalized spacial score (nSPS) is 10.5. The molecular formula is C32H22N4O6. The number of hydrogen-bond donors (Lipinski definition) is 0. The van der Waals surface area contributed by atoms with Crippen molar-refractivity contribution in [2.45, 2.75) is 0 Å². The van der Waals surface area contributed by atoms with E-state index < -0.39 is 21.7 Å². The average molecular weight is 559 g/mol. The van der Waals surface area contributed by atoms with E-state index in [4.69, 9.17) is 0 Å². The molecule has 0 aliphatic carbocycles. The first kappa shape index (κ1) is 27.4. The molecule has 0 atom stereocenters. The van der Waals surface area contributed by atoms with E-state index >= 15 is 0 Å². The number of benzene rings is 5. The van der Waals surface area contributed by atoms with Crippen LogP contribution in [0.15, 0.2) is 133 Å². The summed E-state index contributed by atoms with van der Waals surface area (Å²) in [6.45, 7) is 0. The minimum atomic E-state index is -0.529. The zero-order valence-electron chi connectivity index (χ0n) is 21.9. The van der Waals surface area contributed by atoms with Crippen LogP contribution in [0.1, 0.15) is 20.7 Å². The number of nitro groups is 2. The molecule has 0 aromatic heterocycles. The second-order valence-corrected chi connectivity index (χ2v) is 9.08. The van der Waals surface area contributed by atoms with Gasteiger partial charge in [-0.25, -0.2) is 0 Å². The van der Waals surface area contributed by atoms with Crippen LogP contribution in [0.25, 0.3) is 0 Å². The van der Waals surface area contributed by atoms with Crippen LogP contribution in [0.4, 0.5) is 34.1 Å². The van der Waals surface area contributed by atoms with Crippen molar-refractivity contribution in [3.05, 3.63) is 165 Å². The molecule has 0 heterocycles. The molecule has 0 fully saturated rings. The van der Waals surface area contributed by atoms with E-state index in [1.165, 1.54) is 58.3 Å². The smallest absolute Gasteiger partial charge is 0.269 e. The van der Waals surface area contributed by atoms with Crippen molar-refractivity contribution >= 4 is 45.9 Å². The zero-order chi connectivity index (χ0) is 29.6. The zero-order valence-corrected chi connectivity index (χ0v) is 21.9. The molecule has 0 aliphatic heterocycles. The highest BCUT2D eigenvalue weighted by molar-refractivity contribution is 6.12. The largest absolute Gasteiger partial charge is 0.277 e. The number of non-ortho nitro benzene ring substituents is 2. The van der Waals surface area contributed by atoms with Crippen molar-refractivity contribution in [3.63, 3.8) is 0 Å². The molecule has 10 nitrogen and oxygen atoms in total. The number of carbonyl (C=O) groups is 2. The Bertz CT molecular complexity index is 1610. The monoisotopic (exact) mass is 558 g/mol. The fourth-order valence-corrected chi connectivity index (χ4v) is 4.38. The van der Waals surface area contributed by atoms with Gasteiger partial charge in [0, 0.05) is 58.1 Å². The molecule has 0 bridgehead atoms. The van der Waals surface area contributed by atoms with E-state index in [1.54, 1.807) is 72.8 Å². The fraction of sp³-hybridized carbons (Fsp3) is 0. The summed E-state index contributed by atoms with van der Waals surface area (Å²) in [7, 11) is 0. The van der Waals surface area contributed by atoms with Gasteiger partial charge in [-0.05, 0) is 72.8 Å². The predicted octanol–water partition coefficient (Wildman–Crippen LogP) is 7.46. The van der Waals surface area contributed by atoms with E-state index in [1.807, 2.05) is 12.1 Å². The number of amides is 2. The summed E-state index contributed by atoms with van der Waals surface area (Å²) in [4.78, 5) is 51.4. The van der Waals surface area contributed by atoms with Gasteiger partial charge in [0.25, 0.3) is 23.2 Å². The van der Waals surface area contributed by atoms with Crippen LogP contribution in [-0.2, 0) is 0 Å². The van der Waals surface area contributed by atoms with Crippen LogP contribution in [0.2, 0.25) is 0 Å². The second kappa shape index (κ2) is 11.9. The van der Waals surface area contributed by atoms with Crippen molar-refractivity contribution in [1.82, 2.24) is 0 Å². The van der Waals surface area contributed by atoms with Crippen LogP contribution in [0.5, 0.6) is 0 Å². The highest BCUT2D eigenvalue weighted by Crippen LogP contribution is 2.33. The van der Waals surface area contributed by atoms with Crippen LogP contribution < -0.4 is 9.80 Å². The van der Waals surface area contributed by atoms with E-state index in [0.29, 0.717) is 22.7 Å². The lowest BCUT2D eigenvalue weighted by Crippen LogP contribution is -2.27. The SMILES string of the molecule is O=C(c1ccc([N+](=O)[O-])cc1)N(c1ccccc1)c1ccc(N(C(=O)c2ccc([N+](=O)[O-])cc2)c2ccccc2)cc1. The molecule has 0 aliphatic rings. The van der Waals surface area contributed by atoms with Crippen molar-refractivity contribution in [3.8, 4) is 0 Å². The lowest BCUT2D eigenvalue weighted by atomic mass is 10.1. The summed E-state index contributed by atoms with van der Waals surface area (Å²) in [6.07, 6.45) is 0. The minimum Gasteiger partial charge on any atom is -0.277 e. The first-order chi connectivity index (χ1) is 20.3. The number of rotatable bonds is 8. The first-order valence-corrected chi connectivity index (χ1v) is 12.7. The molecule has 0 N–H and O–H groups in total. The van der Waals surface area contributed by atoms with Crippen LogP contribution >= 0.6 is 0 Å². The molecular weight excluding hydrogens is 536 g/mol. The minimum absolute atomic E-state index is 0.124. The van der Waals surface area contributed by atoms with Crippen molar-refractivity contribution in [2.75, 3.05) is 9.80 Å². The van der Waals surface area contributed by atoms with Gasteiger partial charge < -0.3 is 0 Å². The van der Waals surface area contributed by atoms with Crippen LogP contribution in [0, 0.1) is 20.2 Å². The van der Waals surface area contributed by atoms with Crippen LogP contribution in [0.3, 0.4) is 0 Å². The summed E-state index contributed by atoms with van der Waals surface area (Å²) < 4.78 is 0. The number of para-hydroxylation sites is 2. The Morgan fingerprint density at radius 1 is 0.429 bits per heavy atom. The summed E-state index contributed by atoms with van der Waals surface area (Å²) in [5.41, 5.74) is 2.43. The Labute approximate surface area is 240 Å². The summed E-state index contributed by atoms with van der Waals surface area (Å²) >= 11 is 0. The molecule has 0 saturated carbocycles. The van der Waals surface area contributed by atoms with Gasteiger partial charge in [0.15, 0.2) is 0 Å². The maximum atomic E-state index is 13.7. The van der Waals surface area contributed by atoms with Gasteiger partial charge in [0.1, 0.15) is 0 Å². The maximum absolute atomic E-state index is 13.7. The van der Waals surface area contributed by atoms with Gasteiger partial charge in [-0.2, -0.15) is 0 Å². The standard InChI is InChI=1S/C32H22N4O6/c37-31(23-11-15-29(16-12-23)35(39)40)33(25-7-3-1-4-8-25)27-19-21-28(22-20-27)34(26-9-5-2-6-10-26)32(38)24-13-17-30(18-14-24)36(41)42/h1-22H. The van der Waals surface area contributed by atoms with E-state index in [2.05, 4.69) is 0 Å². The van der Waals surface area contributed by atoms with Crippen molar-refractivity contribution < 1.29 is 19.4 Å². The summed E-state index contributed by atoms with van der Waals surface area (Å²) in [6, 6.07) is 35.4. The third-order valence-electron chi connectivity index (χ3n) is 6.45. The Balaban J connectivity index is 1.53. The Morgan fingerprint density at radius 2 is 0.714 bits per heavy atom. The Hall–Kier alpha value is -6.16.